The molecule has 2 N–H and O–H groups in total. The van der Waals surface area contributed by atoms with E-state index in [4.69, 9.17) is 9.47 Å². The molecule has 0 atom stereocenters. The molecule has 0 bridgehead atoms. The lowest BCUT2D eigenvalue weighted by atomic mass is 10.2. The Morgan fingerprint density at radius 2 is 1.48 bits per heavy atom. The lowest BCUT2D eigenvalue weighted by Gasteiger charge is -2.08. The summed E-state index contributed by atoms with van der Waals surface area (Å²) >= 11 is 0. The van der Waals surface area contributed by atoms with Crippen molar-refractivity contribution in [1.29, 1.82) is 0 Å². The number of para-hydroxylation sites is 1. The molecule has 158 valence electrons. The second-order valence-corrected chi connectivity index (χ2v) is 6.21. The first-order valence-electron chi connectivity index (χ1n) is 9.35. The van der Waals surface area contributed by atoms with E-state index in [0.717, 1.165) is 5.56 Å². The number of hydrogen-bond acceptors (Lipinski definition) is 6. The molecule has 9 heteroatoms. The number of hydrogen-bond donors (Lipinski definition) is 2. The topological polar surface area (TPSA) is 115 Å². The molecule has 0 saturated heterocycles. The highest BCUT2D eigenvalue weighted by Gasteiger charge is 2.04. The smallest absolute Gasteiger partial charge is 0.339 e. The fraction of sp³-hybridized carbons (Fsp3) is 0.0909. The first-order chi connectivity index (χ1) is 15.1. The number of anilines is 1. The Balaban J connectivity index is 1.37. The molecule has 0 aromatic heterocycles. The van der Waals surface area contributed by atoms with Crippen LogP contribution in [-0.2, 0) is 0 Å². The lowest BCUT2D eigenvalue weighted by molar-refractivity contribution is -0.384. The quantitative estimate of drug-likeness (QED) is 0.233. The Morgan fingerprint density at radius 3 is 2.06 bits per heavy atom. The predicted molar refractivity (Wildman–Crippen MR) is 117 cm³/mol. The SMILES string of the molecule is O=C(N/N=C/c1ccc(OCCOc2ccc([N+](=O)[O-])cc2)cc1)Nc1ccccc1. The maximum Gasteiger partial charge on any atom is 0.339 e. The van der Waals surface area contributed by atoms with Crippen LogP contribution in [0, 0.1) is 10.1 Å². The zero-order valence-corrected chi connectivity index (χ0v) is 16.4. The molecule has 2 amide bonds. The van der Waals surface area contributed by atoms with E-state index in [1.165, 1.54) is 18.3 Å². The van der Waals surface area contributed by atoms with Crippen LogP contribution < -0.4 is 20.2 Å². The highest BCUT2D eigenvalue weighted by atomic mass is 16.6. The van der Waals surface area contributed by atoms with Gasteiger partial charge in [-0.05, 0) is 54.1 Å². The van der Waals surface area contributed by atoms with Crippen LogP contribution >= 0.6 is 0 Å². The molecular weight excluding hydrogens is 400 g/mol. The minimum atomic E-state index is -0.461. The van der Waals surface area contributed by atoms with Crippen molar-refractivity contribution in [3.8, 4) is 11.5 Å². The average Bonchev–Trinajstić information content (AvgIpc) is 2.79. The first kappa shape index (κ1) is 21.3. The van der Waals surface area contributed by atoms with E-state index in [9.17, 15) is 14.9 Å². The third kappa shape index (κ3) is 7.17. The molecule has 3 aromatic carbocycles. The van der Waals surface area contributed by atoms with Gasteiger partial charge in [-0.2, -0.15) is 5.10 Å². The number of nitrogens with one attached hydrogen (secondary N) is 2. The number of non-ortho nitro benzene ring substituents is 1. The summed E-state index contributed by atoms with van der Waals surface area (Å²) in [6.07, 6.45) is 1.52. The fourth-order valence-corrected chi connectivity index (χ4v) is 2.48. The van der Waals surface area contributed by atoms with Crippen LogP contribution in [0.4, 0.5) is 16.2 Å². The normalized spacial score (nSPS) is 10.5. The zero-order valence-electron chi connectivity index (χ0n) is 16.4. The van der Waals surface area contributed by atoms with Gasteiger partial charge in [-0.15, -0.1) is 0 Å². The molecule has 0 unspecified atom stereocenters. The van der Waals surface area contributed by atoms with E-state index in [1.807, 2.05) is 18.2 Å². The molecule has 31 heavy (non-hydrogen) atoms. The maximum absolute atomic E-state index is 11.8. The number of benzene rings is 3. The van der Waals surface area contributed by atoms with Gasteiger partial charge in [-0.25, -0.2) is 10.2 Å². The van der Waals surface area contributed by atoms with Gasteiger partial charge in [0.1, 0.15) is 24.7 Å². The number of hydrazone groups is 1. The van der Waals surface area contributed by atoms with Crippen LogP contribution in [-0.4, -0.2) is 30.4 Å². The third-order valence-electron chi connectivity index (χ3n) is 3.96. The Morgan fingerprint density at radius 1 is 0.903 bits per heavy atom. The highest BCUT2D eigenvalue weighted by molar-refractivity contribution is 5.90. The molecule has 0 aliphatic heterocycles. The molecule has 0 saturated carbocycles. The summed E-state index contributed by atoms with van der Waals surface area (Å²) in [6.45, 7) is 0.604. The molecular formula is C22H20N4O5. The maximum atomic E-state index is 11.8. The van der Waals surface area contributed by atoms with Crippen molar-refractivity contribution < 1.29 is 19.2 Å². The highest BCUT2D eigenvalue weighted by Crippen LogP contribution is 2.17. The van der Waals surface area contributed by atoms with Gasteiger partial charge >= 0.3 is 6.03 Å². The molecule has 0 fully saturated rings. The summed E-state index contributed by atoms with van der Waals surface area (Å²) in [5, 5.41) is 17.2. The van der Waals surface area contributed by atoms with Gasteiger partial charge < -0.3 is 14.8 Å². The second-order valence-electron chi connectivity index (χ2n) is 6.21. The van der Waals surface area contributed by atoms with Crippen LogP contribution in [0.2, 0.25) is 0 Å². The van der Waals surface area contributed by atoms with Crippen molar-refractivity contribution in [3.63, 3.8) is 0 Å². The number of carbonyl (C=O) groups excluding carboxylic acids is 1. The van der Waals surface area contributed by atoms with Gasteiger partial charge in [0.2, 0.25) is 0 Å². The van der Waals surface area contributed by atoms with Crippen molar-refractivity contribution in [2.24, 2.45) is 5.10 Å². The van der Waals surface area contributed by atoms with Crippen LogP contribution in [0.3, 0.4) is 0 Å². The van der Waals surface area contributed by atoms with Gasteiger partial charge in [-0.1, -0.05) is 18.2 Å². The van der Waals surface area contributed by atoms with Gasteiger partial charge in [0.15, 0.2) is 0 Å². The minimum absolute atomic E-state index is 0.0132. The Hall–Kier alpha value is -4.40. The van der Waals surface area contributed by atoms with Gasteiger partial charge in [0, 0.05) is 17.8 Å². The van der Waals surface area contributed by atoms with Crippen molar-refractivity contribution in [3.05, 3.63) is 94.5 Å². The Bertz CT molecular complexity index is 1020. The third-order valence-corrected chi connectivity index (χ3v) is 3.96. The van der Waals surface area contributed by atoms with Crippen molar-refractivity contribution in [1.82, 2.24) is 5.43 Å². The number of nitro groups is 1. The molecule has 3 aromatic rings. The summed E-state index contributed by atoms with van der Waals surface area (Å²) < 4.78 is 11.1. The molecule has 0 radical (unpaired) electrons. The molecule has 3 rings (SSSR count). The largest absolute Gasteiger partial charge is 0.490 e. The van der Waals surface area contributed by atoms with Gasteiger partial charge in [-0.3, -0.25) is 10.1 Å². The summed E-state index contributed by atoms with van der Waals surface area (Å²) in [6, 6.07) is 21.6. The van der Waals surface area contributed by atoms with Gasteiger partial charge in [0.05, 0.1) is 11.1 Å². The number of nitrogens with zero attached hydrogens (tertiary/aromatic N) is 2. The Kier molecular flexibility index (Phi) is 7.53. The average molecular weight is 420 g/mol. The monoisotopic (exact) mass is 420 g/mol. The number of urea groups is 1. The first-order valence-corrected chi connectivity index (χ1v) is 9.35. The van der Waals surface area contributed by atoms with Crippen molar-refractivity contribution in [2.75, 3.05) is 18.5 Å². The van der Waals surface area contributed by atoms with E-state index in [1.54, 1.807) is 48.5 Å². The van der Waals surface area contributed by atoms with E-state index in [2.05, 4.69) is 15.8 Å². The molecule has 0 heterocycles. The van der Waals surface area contributed by atoms with Crippen LogP contribution in [0.15, 0.2) is 84.0 Å². The summed E-state index contributed by atoms with van der Waals surface area (Å²) in [7, 11) is 0. The number of rotatable bonds is 9. The minimum Gasteiger partial charge on any atom is -0.490 e. The zero-order chi connectivity index (χ0) is 21.9. The number of nitro benzene ring substituents is 1. The lowest BCUT2D eigenvalue weighted by Crippen LogP contribution is -2.24. The van der Waals surface area contributed by atoms with Crippen LogP contribution in [0.25, 0.3) is 0 Å². The molecule has 0 spiro atoms. The molecule has 9 nitrogen and oxygen atoms in total. The van der Waals surface area contributed by atoms with Crippen LogP contribution in [0.5, 0.6) is 11.5 Å². The van der Waals surface area contributed by atoms with E-state index < -0.39 is 11.0 Å². The predicted octanol–water partition coefficient (Wildman–Crippen LogP) is 4.21. The number of ether oxygens (including phenoxy) is 2. The summed E-state index contributed by atoms with van der Waals surface area (Å²) in [5.41, 5.74) is 3.87. The van der Waals surface area contributed by atoms with E-state index in [-0.39, 0.29) is 5.69 Å². The van der Waals surface area contributed by atoms with E-state index >= 15 is 0 Å². The number of carbonyl (C=O) groups is 1. The van der Waals surface area contributed by atoms with E-state index in [0.29, 0.717) is 30.4 Å². The van der Waals surface area contributed by atoms with Crippen molar-refractivity contribution in [2.45, 2.75) is 0 Å². The van der Waals surface area contributed by atoms with Crippen molar-refractivity contribution >= 4 is 23.6 Å². The second kappa shape index (κ2) is 11.0. The van der Waals surface area contributed by atoms with Crippen LogP contribution in [0.1, 0.15) is 5.56 Å². The summed E-state index contributed by atoms with van der Waals surface area (Å²) in [4.78, 5) is 21.9. The number of amides is 2. The molecule has 0 aliphatic rings. The Labute approximate surface area is 178 Å². The van der Waals surface area contributed by atoms with Gasteiger partial charge in [0.25, 0.3) is 5.69 Å². The standard InChI is InChI=1S/C22H20N4O5/c27-22(24-18-4-2-1-3-5-18)25-23-16-17-6-10-20(11-7-17)30-14-15-31-21-12-8-19(9-13-21)26(28)29/h1-13,16H,14-15H2,(H2,24,25,27)/b23-16+. The fourth-order valence-electron chi connectivity index (χ4n) is 2.48. The molecule has 0 aliphatic carbocycles. The summed E-state index contributed by atoms with van der Waals surface area (Å²) in [5.74, 6) is 1.18.